The third kappa shape index (κ3) is 6.28. The van der Waals surface area contributed by atoms with Crippen LogP contribution in [-0.4, -0.2) is 61.3 Å². The van der Waals surface area contributed by atoms with Crippen LogP contribution in [0.5, 0.6) is 0 Å². The number of amides is 1. The molecule has 2 heterocycles. The minimum atomic E-state index is -0.468. The first-order valence-electron chi connectivity index (χ1n) is 8.65. The van der Waals surface area contributed by atoms with Crippen LogP contribution in [0.25, 0.3) is 0 Å². The fourth-order valence-electron chi connectivity index (χ4n) is 3.04. The van der Waals surface area contributed by atoms with Gasteiger partial charge in [0.05, 0.1) is 12.7 Å². The summed E-state index contributed by atoms with van der Waals surface area (Å²) in [6.45, 7) is 13.4. The lowest BCUT2D eigenvalue weighted by atomic mass is 9.98. The molecule has 2 unspecified atom stereocenters. The molecule has 0 spiro atoms. The number of ether oxygens (including phenoxy) is 3. The van der Waals surface area contributed by atoms with Crippen LogP contribution in [0.15, 0.2) is 0 Å². The van der Waals surface area contributed by atoms with Crippen LogP contribution in [-0.2, 0) is 14.2 Å². The predicted molar refractivity (Wildman–Crippen MR) is 88.3 cm³/mol. The Morgan fingerprint density at radius 2 is 2.09 bits per heavy atom. The highest BCUT2D eigenvalue weighted by molar-refractivity contribution is 5.68. The molecule has 2 aliphatic heterocycles. The Kier molecular flexibility index (Phi) is 5.92. The smallest absolute Gasteiger partial charge is 0.410 e. The number of piperidine rings is 1. The molecule has 2 rings (SSSR count). The standard InChI is InChI=1S/C17H32N2O4/c1-16(2,3)23-15(20)19-8-6-7-13(11-19)9-18-10-14-12-21-17(4,5)22-14/h13-14,18H,6-12H2,1-5H3. The summed E-state index contributed by atoms with van der Waals surface area (Å²) in [5.41, 5.74) is -0.436. The van der Waals surface area contributed by atoms with Crippen LogP contribution in [0.3, 0.4) is 0 Å². The number of hydrogen-bond donors (Lipinski definition) is 1. The molecule has 2 aliphatic rings. The van der Waals surface area contributed by atoms with Crippen molar-refractivity contribution in [1.29, 1.82) is 0 Å². The average molecular weight is 328 g/mol. The zero-order chi connectivity index (χ0) is 17.1. The molecule has 2 fully saturated rings. The lowest BCUT2D eigenvalue weighted by Gasteiger charge is -2.34. The number of carbonyl (C=O) groups is 1. The highest BCUT2D eigenvalue weighted by Gasteiger charge is 2.32. The lowest BCUT2D eigenvalue weighted by Crippen LogP contribution is -2.45. The van der Waals surface area contributed by atoms with E-state index in [0.717, 1.165) is 39.0 Å². The Balaban J connectivity index is 1.69. The second-order valence-electron chi connectivity index (χ2n) is 8.04. The Morgan fingerprint density at radius 1 is 1.35 bits per heavy atom. The fourth-order valence-corrected chi connectivity index (χ4v) is 3.04. The van der Waals surface area contributed by atoms with E-state index in [1.807, 2.05) is 39.5 Å². The van der Waals surface area contributed by atoms with Crippen LogP contribution in [0.2, 0.25) is 0 Å². The van der Waals surface area contributed by atoms with Gasteiger partial charge >= 0.3 is 6.09 Å². The number of rotatable bonds is 4. The molecule has 0 aromatic carbocycles. The second-order valence-corrected chi connectivity index (χ2v) is 8.04. The van der Waals surface area contributed by atoms with E-state index in [9.17, 15) is 4.79 Å². The first-order chi connectivity index (χ1) is 10.6. The summed E-state index contributed by atoms with van der Waals surface area (Å²) in [4.78, 5) is 14.0. The van der Waals surface area contributed by atoms with Crippen molar-refractivity contribution in [2.75, 3.05) is 32.8 Å². The summed E-state index contributed by atoms with van der Waals surface area (Å²) in [7, 11) is 0. The quantitative estimate of drug-likeness (QED) is 0.858. The van der Waals surface area contributed by atoms with Gasteiger partial charge in [0.1, 0.15) is 5.60 Å². The molecule has 1 N–H and O–H groups in total. The third-order valence-corrected chi connectivity index (χ3v) is 4.04. The minimum absolute atomic E-state index is 0.107. The molecule has 0 aromatic rings. The maximum absolute atomic E-state index is 12.2. The molecular weight excluding hydrogens is 296 g/mol. The molecule has 0 radical (unpaired) electrons. The molecule has 1 amide bonds. The van der Waals surface area contributed by atoms with E-state index in [1.54, 1.807) is 0 Å². The average Bonchev–Trinajstić information content (AvgIpc) is 2.77. The van der Waals surface area contributed by atoms with Gasteiger partial charge in [-0.2, -0.15) is 0 Å². The summed E-state index contributed by atoms with van der Waals surface area (Å²) in [6, 6.07) is 0. The minimum Gasteiger partial charge on any atom is -0.444 e. The van der Waals surface area contributed by atoms with E-state index < -0.39 is 11.4 Å². The van der Waals surface area contributed by atoms with Crippen molar-refractivity contribution in [3.05, 3.63) is 0 Å². The van der Waals surface area contributed by atoms with Gasteiger partial charge in [0.25, 0.3) is 0 Å². The van der Waals surface area contributed by atoms with Crippen molar-refractivity contribution in [3.8, 4) is 0 Å². The van der Waals surface area contributed by atoms with E-state index in [-0.39, 0.29) is 12.2 Å². The molecule has 134 valence electrons. The normalized spacial score (nSPS) is 28.0. The van der Waals surface area contributed by atoms with Gasteiger partial charge in [-0.3, -0.25) is 0 Å². The molecule has 0 saturated carbocycles. The summed E-state index contributed by atoms with van der Waals surface area (Å²) in [5.74, 6) is -0.00312. The van der Waals surface area contributed by atoms with E-state index in [2.05, 4.69) is 5.32 Å². The first kappa shape index (κ1) is 18.5. The molecule has 0 aliphatic carbocycles. The Bertz CT molecular complexity index is 406. The van der Waals surface area contributed by atoms with Gasteiger partial charge < -0.3 is 24.4 Å². The van der Waals surface area contributed by atoms with Crippen molar-refractivity contribution in [2.45, 2.75) is 65.0 Å². The first-order valence-corrected chi connectivity index (χ1v) is 8.65. The van der Waals surface area contributed by atoms with E-state index >= 15 is 0 Å². The van der Waals surface area contributed by atoms with Crippen LogP contribution in [0.1, 0.15) is 47.5 Å². The van der Waals surface area contributed by atoms with Crippen molar-refractivity contribution >= 4 is 6.09 Å². The maximum Gasteiger partial charge on any atom is 0.410 e. The van der Waals surface area contributed by atoms with Gasteiger partial charge in [0.15, 0.2) is 5.79 Å². The van der Waals surface area contributed by atoms with Crippen LogP contribution >= 0.6 is 0 Å². The summed E-state index contributed by atoms with van der Waals surface area (Å²) < 4.78 is 16.8. The van der Waals surface area contributed by atoms with Gasteiger partial charge in [-0.1, -0.05) is 0 Å². The van der Waals surface area contributed by atoms with Crippen molar-refractivity contribution in [3.63, 3.8) is 0 Å². The SMILES string of the molecule is CC(C)(C)OC(=O)N1CCCC(CNCC2COC(C)(C)O2)C1. The molecule has 23 heavy (non-hydrogen) atoms. The lowest BCUT2D eigenvalue weighted by molar-refractivity contribution is -0.137. The molecule has 2 saturated heterocycles. The molecule has 0 bridgehead atoms. The van der Waals surface area contributed by atoms with E-state index in [4.69, 9.17) is 14.2 Å². The van der Waals surface area contributed by atoms with Crippen LogP contribution < -0.4 is 5.32 Å². The molecule has 2 atom stereocenters. The number of nitrogens with zero attached hydrogens (tertiary/aromatic N) is 1. The van der Waals surface area contributed by atoms with Crippen molar-refractivity contribution in [1.82, 2.24) is 10.2 Å². The van der Waals surface area contributed by atoms with Crippen LogP contribution in [0, 0.1) is 5.92 Å². The number of likely N-dealkylation sites (tertiary alicyclic amines) is 1. The number of hydrogen-bond acceptors (Lipinski definition) is 5. The van der Waals surface area contributed by atoms with Gasteiger partial charge in [0.2, 0.25) is 0 Å². The molecular formula is C17H32N2O4. The van der Waals surface area contributed by atoms with Crippen molar-refractivity contribution in [2.24, 2.45) is 5.92 Å². The number of carbonyl (C=O) groups excluding carboxylic acids is 1. The predicted octanol–water partition coefficient (Wildman–Crippen LogP) is 2.37. The molecule has 0 aromatic heterocycles. The Hall–Kier alpha value is -0.850. The fraction of sp³-hybridized carbons (Fsp3) is 0.941. The second kappa shape index (κ2) is 7.36. The van der Waals surface area contributed by atoms with E-state index in [0.29, 0.717) is 12.5 Å². The summed E-state index contributed by atoms with van der Waals surface area (Å²) >= 11 is 0. The van der Waals surface area contributed by atoms with Crippen LogP contribution in [0.4, 0.5) is 4.79 Å². The topological polar surface area (TPSA) is 60.0 Å². The monoisotopic (exact) mass is 328 g/mol. The van der Waals surface area contributed by atoms with Gasteiger partial charge in [0, 0.05) is 19.6 Å². The highest BCUT2D eigenvalue weighted by Crippen LogP contribution is 2.22. The largest absolute Gasteiger partial charge is 0.444 e. The van der Waals surface area contributed by atoms with E-state index in [1.165, 1.54) is 0 Å². The zero-order valence-electron chi connectivity index (χ0n) is 15.2. The van der Waals surface area contributed by atoms with Gasteiger partial charge in [-0.05, 0) is 59.9 Å². The van der Waals surface area contributed by atoms with Gasteiger partial charge in [-0.15, -0.1) is 0 Å². The zero-order valence-corrected chi connectivity index (χ0v) is 15.2. The summed E-state index contributed by atoms with van der Waals surface area (Å²) in [5, 5.41) is 3.46. The number of nitrogens with one attached hydrogen (secondary N) is 1. The van der Waals surface area contributed by atoms with Crippen molar-refractivity contribution < 1.29 is 19.0 Å². The van der Waals surface area contributed by atoms with Gasteiger partial charge in [-0.25, -0.2) is 4.79 Å². The highest BCUT2D eigenvalue weighted by atomic mass is 16.7. The maximum atomic E-state index is 12.2. The molecule has 6 heteroatoms. The Morgan fingerprint density at radius 3 is 2.70 bits per heavy atom. The molecule has 6 nitrogen and oxygen atoms in total. The third-order valence-electron chi connectivity index (χ3n) is 4.04. The Labute approximate surface area is 139 Å². The summed E-state index contributed by atoms with van der Waals surface area (Å²) in [6.07, 6.45) is 2.08.